The maximum absolute atomic E-state index is 10.6. The maximum Gasteiger partial charge on any atom is 0.123 e. The standard InChI is InChI=1S/C13H15NO2/c1-9(4-6-15)11-8-12-10(3-5-14-12)7-13(11)16-2/h3,5-9,14H,4H2,1-2H3. The van der Waals surface area contributed by atoms with Crippen LogP contribution in [-0.4, -0.2) is 18.4 Å². The Morgan fingerprint density at radius 3 is 3.00 bits per heavy atom. The molecule has 0 aliphatic carbocycles. The maximum atomic E-state index is 10.6. The van der Waals surface area contributed by atoms with E-state index >= 15 is 0 Å². The second kappa shape index (κ2) is 4.39. The van der Waals surface area contributed by atoms with Crippen LogP contribution in [0.5, 0.6) is 5.75 Å². The molecule has 0 amide bonds. The number of hydrogen-bond acceptors (Lipinski definition) is 2. The molecule has 0 bridgehead atoms. The molecule has 0 radical (unpaired) electrons. The monoisotopic (exact) mass is 217 g/mol. The Bertz CT molecular complexity index is 502. The van der Waals surface area contributed by atoms with Crippen LogP contribution >= 0.6 is 0 Å². The highest BCUT2D eigenvalue weighted by molar-refractivity contribution is 5.82. The van der Waals surface area contributed by atoms with Crippen molar-refractivity contribution in [2.75, 3.05) is 7.11 Å². The Labute approximate surface area is 94.4 Å². The number of aromatic nitrogens is 1. The van der Waals surface area contributed by atoms with E-state index in [0.29, 0.717) is 6.42 Å². The molecule has 1 N–H and O–H groups in total. The summed E-state index contributed by atoms with van der Waals surface area (Å²) in [4.78, 5) is 13.7. The van der Waals surface area contributed by atoms with Gasteiger partial charge in [-0.05, 0) is 29.7 Å². The van der Waals surface area contributed by atoms with Gasteiger partial charge in [0.25, 0.3) is 0 Å². The molecule has 0 saturated heterocycles. The number of carbonyl (C=O) groups excluding carboxylic acids is 1. The summed E-state index contributed by atoms with van der Waals surface area (Å²) in [6, 6.07) is 6.07. The average molecular weight is 217 g/mol. The fourth-order valence-corrected chi connectivity index (χ4v) is 1.93. The quantitative estimate of drug-likeness (QED) is 0.800. The predicted octanol–water partition coefficient (Wildman–Crippen LogP) is 2.87. The Balaban J connectivity index is 2.51. The Kier molecular flexibility index (Phi) is 2.95. The first-order valence-electron chi connectivity index (χ1n) is 5.35. The van der Waals surface area contributed by atoms with E-state index in [9.17, 15) is 4.79 Å². The normalized spacial score (nSPS) is 12.6. The number of hydrogen-bond donors (Lipinski definition) is 1. The topological polar surface area (TPSA) is 42.1 Å². The van der Waals surface area contributed by atoms with E-state index in [4.69, 9.17) is 4.74 Å². The molecule has 1 aromatic heterocycles. The van der Waals surface area contributed by atoms with Crippen molar-refractivity contribution < 1.29 is 9.53 Å². The number of ether oxygens (including phenoxy) is 1. The fourth-order valence-electron chi connectivity index (χ4n) is 1.93. The van der Waals surface area contributed by atoms with Gasteiger partial charge in [-0.1, -0.05) is 6.92 Å². The summed E-state index contributed by atoms with van der Waals surface area (Å²) in [5, 5.41) is 1.12. The minimum Gasteiger partial charge on any atom is -0.496 e. The molecule has 0 aliphatic heterocycles. The number of nitrogens with one attached hydrogen (secondary N) is 1. The second-order valence-electron chi connectivity index (χ2n) is 3.96. The van der Waals surface area contributed by atoms with Crippen molar-refractivity contribution in [1.29, 1.82) is 0 Å². The van der Waals surface area contributed by atoms with Gasteiger partial charge in [-0.3, -0.25) is 0 Å². The predicted molar refractivity (Wildman–Crippen MR) is 63.9 cm³/mol. The number of aromatic amines is 1. The van der Waals surface area contributed by atoms with Crippen LogP contribution < -0.4 is 4.74 Å². The van der Waals surface area contributed by atoms with Crippen molar-refractivity contribution in [3.8, 4) is 5.75 Å². The van der Waals surface area contributed by atoms with Gasteiger partial charge in [0.15, 0.2) is 0 Å². The molecule has 2 aromatic rings. The lowest BCUT2D eigenvalue weighted by molar-refractivity contribution is -0.108. The molecule has 84 valence electrons. The number of aldehydes is 1. The minimum absolute atomic E-state index is 0.181. The highest BCUT2D eigenvalue weighted by Gasteiger charge is 2.12. The van der Waals surface area contributed by atoms with Crippen molar-refractivity contribution in [2.45, 2.75) is 19.3 Å². The summed E-state index contributed by atoms with van der Waals surface area (Å²) in [5.41, 5.74) is 2.15. The van der Waals surface area contributed by atoms with Crippen molar-refractivity contribution in [3.63, 3.8) is 0 Å². The van der Waals surface area contributed by atoms with Gasteiger partial charge in [0.1, 0.15) is 12.0 Å². The lowest BCUT2D eigenvalue weighted by atomic mass is 9.96. The molecule has 1 heterocycles. The van der Waals surface area contributed by atoms with Gasteiger partial charge in [0.2, 0.25) is 0 Å². The van der Waals surface area contributed by atoms with Crippen LogP contribution in [0.3, 0.4) is 0 Å². The van der Waals surface area contributed by atoms with Crippen molar-refractivity contribution in [3.05, 3.63) is 30.0 Å². The molecule has 16 heavy (non-hydrogen) atoms. The molecule has 3 heteroatoms. The van der Waals surface area contributed by atoms with Gasteiger partial charge >= 0.3 is 0 Å². The van der Waals surface area contributed by atoms with Gasteiger partial charge < -0.3 is 14.5 Å². The molecule has 0 spiro atoms. The number of H-pyrrole nitrogens is 1. The van der Waals surface area contributed by atoms with Crippen LogP contribution in [0.1, 0.15) is 24.8 Å². The van der Waals surface area contributed by atoms with Gasteiger partial charge in [0.05, 0.1) is 7.11 Å². The first kappa shape index (κ1) is 10.7. The molecule has 0 saturated carbocycles. The van der Waals surface area contributed by atoms with Crippen LogP contribution in [-0.2, 0) is 4.79 Å². The van der Waals surface area contributed by atoms with Crippen molar-refractivity contribution in [2.24, 2.45) is 0 Å². The number of benzene rings is 1. The number of fused-ring (bicyclic) bond motifs is 1. The third kappa shape index (κ3) is 1.81. The van der Waals surface area contributed by atoms with Gasteiger partial charge in [-0.15, -0.1) is 0 Å². The summed E-state index contributed by atoms with van der Waals surface area (Å²) in [6.07, 6.45) is 3.36. The number of rotatable bonds is 4. The van der Waals surface area contributed by atoms with Crippen molar-refractivity contribution >= 4 is 17.2 Å². The third-order valence-electron chi connectivity index (χ3n) is 2.88. The SMILES string of the molecule is COc1cc2cc[nH]c2cc1C(C)CC=O. The van der Waals surface area contributed by atoms with Gasteiger partial charge in [0, 0.05) is 23.5 Å². The van der Waals surface area contributed by atoms with E-state index in [0.717, 1.165) is 28.5 Å². The first-order chi connectivity index (χ1) is 7.76. The third-order valence-corrected chi connectivity index (χ3v) is 2.88. The van der Waals surface area contributed by atoms with E-state index in [1.807, 2.05) is 25.3 Å². The highest BCUT2D eigenvalue weighted by Crippen LogP contribution is 2.32. The van der Waals surface area contributed by atoms with E-state index in [1.165, 1.54) is 0 Å². The van der Waals surface area contributed by atoms with E-state index in [1.54, 1.807) is 7.11 Å². The molecular weight excluding hydrogens is 202 g/mol. The van der Waals surface area contributed by atoms with Crippen LogP contribution in [0.4, 0.5) is 0 Å². The van der Waals surface area contributed by atoms with Crippen LogP contribution in [0.15, 0.2) is 24.4 Å². The van der Waals surface area contributed by atoms with Gasteiger partial charge in [-0.2, -0.15) is 0 Å². The average Bonchev–Trinajstić information content (AvgIpc) is 2.74. The molecule has 1 atom stereocenters. The number of carbonyl (C=O) groups is 1. The Morgan fingerprint density at radius 2 is 2.31 bits per heavy atom. The van der Waals surface area contributed by atoms with E-state index in [-0.39, 0.29) is 5.92 Å². The van der Waals surface area contributed by atoms with Crippen LogP contribution in [0.2, 0.25) is 0 Å². The summed E-state index contributed by atoms with van der Waals surface area (Å²) < 4.78 is 5.36. The largest absolute Gasteiger partial charge is 0.496 e. The molecule has 1 aromatic carbocycles. The molecule has 0 fully saturated rings. The lowest BCUT2D eigenvalue weighted by Crippen LogP contribution is -1.98. The fraction of sp³-hybridized carbons (Fsp3) is 0.308. The molecule has 1 unspecified atom stereocenters. The summed E-state index contributed by atoms with van der Waals surface area (Å²) in [5.74, 6) is 1.03. The lowest BCUT2D eigenvalue weighted by Gasteiger charge is -2.13. The smallest absolute Gasteiger partial charge is 0.123 e. The van der Waals surface area contributed by atoms with E-state index < -0.39 is 0 Å². The molecule has 2 rings (SSSR count). The minimum atomic E-state index is 0.181. The first-order valence-corrected chi connectivity index (χ1v) is 5.35. The zero-order chi connectivity index (χ0) is 11.5. The van der Waals surface area contributed by atoms with Crippen LogP contribution in [0.25, 0.3) is 10.9 Å². The Morgan fingerprint density at radius 1 is 1.50 bits per heavy atom. The second-order valence-corrected chi connectivity index (χ2v) is 3.96. The molecular formula is C13H15NO2. The van der Waals surface area contributed by atoms with Crippen LogP contribution in [0, 0.1) is 0 Å². The highest BCUT2D eigenvalue weighted by atomic mass is 16.5. The summed E-state index contributed by atoms with van der Waals surface area (Å²) >= 11 is 0. The Hall–Kier alpha value is -1.77. The van der Waals surface area contributed by atoms with Crippen molar-refractivity contribution in [1.82, 2.24) is 4.98 Å². The molecule has 0 aliphatic rings. The molecule has 3 nitrogen and oxygen atoms in total. The summed E-state index contributed by atoms with van der Waals surface area (Å²) in [6.45, 7) is 2.03. The van der Waals surface area contributed by atoms with Gasteiger partial charge in [-0.25, -0.2) is 0 Å². The number of methoxy groups -OCH3 is 1. The summed E-state index contributed by atoms with van der Waals surface area (Å²) in [7, 11) is 1.66. The zero-order valence-corrected chi connectivity index (χ0v) is 9.49. The zero-order valence-electron chi connectivity index (χ0n) is 9.49. The van der Waals surface area contributed by atoms with E-state index in [2.05, 4.69) is 11.1 Å².